The molecule has 7 aromatic rings. The SMILES string of the molecule is CC1(C)OB(c2ccc3c4ccccc4n(-c4ccc(-c5cc(-c6ccccc6)nc(-c6ccccc6)c5)cc4)c3c2)OC1(C)C. The van der Waals surface area contributed by atoms with Gasteiger partial charge in [0.1, 0.15) is 0 Å². The van der Waals surface area contributed by atoms with Crippen molar-refractivity contribution in [1.82, 2.24) is 9.55 Å². The first kappa shape index (κ1) is 28.5. The van der Waals surface area contributed by atoms with E-state index in [2.05, 4.69) is 160 Å². The second-order valence-electron chi connectivity index (χ2n) is 13.1. The molecule has 224 valence electrons. The van der Waals surface area contributed by atoms with Crippen LogP contribution in [-0.2, 0) is 9.31 Å². The highest BCUT2D eigenvalue weighted by atomic mass is 16.7. The van der Waals surface area contributed by atoms with Crippen molar-refractivity contribution in [3.05, 3.63) is 140 Å². The van der Waals surface area contributed by atoms with Crippen LogP contribution < -0.4 is 5.46 Å². The number of aromatic nitrogens is 2. The van der Waals surface area contributed by atoms with Gasteiger partial charge in [-0.2, -0.15) is 0 Å². The van der Waals surface area contributed by atoms with Crippen LogP contribution in [-0.4, -0.2) is 27.9 Å². The van der Waals surface area contributed by atoms with Crippen molar-refractivity contribution in [3.8, 4) is 39.3 Å². The minimum atomic E-state index is -0.424. The number of pyridine rings is 1. The Morgan fingerprint density at radius 1 is 0.500 bits per heavy atom. The maximum absolute atomic E-state index is 6.43. The summed E-state index contributed by atoms with van der Waals surface area (Å²) in [4.78, 5) is 5.06. The van der Waals surface area contributed by atoms with E-state index >= 15 is 0 Å². The smallest absolute Gasteiger partial charge is 0.399 e. The van der Waals surface area contributed by atoms with Gasteiger partial charge in [-0.25, -0.2) is 4.98 Å². The normalized spacial score (nSPS) is 15.5. The highest BCUT2D eigenvalue weighted by Crippen LogP contribution is 2.38. The van der Waals surface area contributed by atoms with Crippen molar-refractivity contribution in [3.63, 3.8) is 0 Å². The van der Waals surface area contributed by atoms with Crippen LogP contribution in [0.25, 0.3) is 61.1 Å². The highest BCUT2D eigenvalue weighted by Gasteiger charge is 2.51. The third-order valence-electron chi connectivity index (χ3n) is 9.65. The van der Waals surface area contributed by atoms with Gasteiger partial charge in [-0.3, -0.25) is 0 Å². The topological polar surface area (TPSA) is 36.3 Å². The summed E-state index contributed by atoms with van der Waals surface area (Å²) in [5, 5.41) is 2.42. The lowest BCUT2D eigenvalue weighted by atomic mass is 9.79. The monoisotopic (exact) mass is 598 g/mol. The van der Waals surface area contributed by atoms with Crippen LogP contribution in [0, 0.1) is 0 Å². The first-order valence-electron chi connectivity index (χ1n) is 15.9. The summed E-state index contributed by atoms with van der Waals surface area (Å²) in [6.07, 6.45) is 0. The number of nitrogens with zero attached hydrogens (tertiary/aromatic N) is 2. The summed E-state index contributed by atoms with van der Waals surface area (Å²) in [5.74, 6) is 0. The van der Waals surface area contributed by atoms with Crippen molar-refractivity contribution < 1.29 is 9.31 Å². The molecule has 4 nitrogen and oxygen atoms in total. The Morgan fingerprint density at radius 2 is 1.04 bits per heavy atom. The van der Waals surface area contributed by atoms with E-state index in [-0.39, 0.29) is 0 Å². The average Bonchev–Trinajstić information content (AvgIpc) is 3.53. The number of hydrogen-bond acceptors (Lipinski definition) is 3. The molecule has 0 amide bonds. The molecule has 2 aromatic heterocycles. The lowest BCUT2D eigenvalue weighted by Gasteiger charge is -2.32. The number of fused-ring (bicyclic) bond motifs is 3. The molecule has 0 N–H and O–H groups in total. The highest BCUT2D eigenvalue weighted by molar-refractivity contribution is 6.62. The van der Waals surface area contributed by atoms with Crippen LogP contribution in [0.5, 0.6) is 0 Å². The zero-order valence-corrected chi connectivity index (χ0v) is 26.6. The van der Waals surface area contributed by atoms with Crippen molar-refractivity contribution in [2.24, 2.45) is 0 Å². The molecule has 0 spiro atoms. The Bertz CT molecular complexity index is 2130. The molecule has 1 aliphatic heterocycles. The van der Waals surface area contributed by atoms with Gasteiger partial charge >= 0.3 is 7.12 Å². The molecule has 46 heavy (non-hydrogen) atoms. The van der Waals surface area contributed by atoms with Gasteiger partial charge in [-0.1, -0.05) is 103 Å². The second-order valence-corrected chi connectivity index (χ2v) is 13.1. The molecule has 0 aliphatic carbocycles. The van der Waals surface area contributed by atoms with E-state index < -0.39 is 18.3 Å². The summed E-state index contributed by atoms with van der Waals surface area (Å²) in [6, 6.07) is 49.2. The molecule has 1 saturated heterocycles. The molecule has 1 aliphatic rings. The van der Waals surface area contributed by atoms with Crippen molar-refractivity contribution in [2.75, 3.05) is 0 Å². The van der Waals surface area contributed by atoms with E-state index in [0.29, 0.717) is 0 Å². The molecule has 5 aromatic carbocycles. The summed E-state index contributed by atoms with van der Waals surface area (Å²) in [5.41, 5.74) is 9.99. The van der Waals surface area contributed by atoms with E-state index in [4.69, 9.17) is 14.3 Å². The standard InChI is InChI=1S/C41H35BN2O2/c1-40(2)41(3,4)46-42(45-40)32-21-24-35-34-17-11-12-18-38(34)44(39(35)27-32)33-22-19-28(20-23-33)31-25-36(29-13-7-5-8-14-29)43-37(26-31)30-15-9-6-10-16-30/h5-27H,1-4H3. The lowest BCUT2D eigenvalue weighted by molar-refractivity contribution is 0.00578. The average molecular weight is 599 g/mol. The van der Waals surface area contributed by atoms with Crippen LogP contribution in [0.2, 0.25) is 0 Å². The molecule has 1 fully saturated rings. The predicted octanol–water partition coefficient (Wildman–Crippen LogP) is 9.48. The number of rotatable bonds is 5. The van der Waals surface area contributed by atoms with Crippen molar-refractivity contribution in [2.45, 2.75) is 38.9 Å². The fourth-order valence-electron chi connectivity index (χ4n) is 6.41. The molecule has 0 saturated carbocycles. The maximum Gasteiger partial charge on any atom is 0.494 e. The van der Waals surface area contributed by atoms with Crippen LogP contribution in [0.3, 0.4) is 0 Å². The van der Waals surface area contributed by atoms with Gasteiger partial charge in [0.2, 0.25) is 0 Å². The second kappa shape index (κ2) is 10.8. The Hall–Kier alpha value is -4.97. The van der Waals surface area contributed by atoms with Crippen LogP contribution in [0.1, 0.15) is 27.7 Å². The quantitative estimate of drug-likeness (QED) is 0.185. The first-order chi connectivity index (χ1) is 22.3. The first-order valence-corrected chi connectivity index (χ1v) is 15.9. The van der Waals surface area contributed by atoms with Gasteiger partial charge in [0, 0.05) is 27.6 Å². The number of para-hydroxylation sites is 1. The van der Waals surface area contributed by atoms with Crippen LogP contribution in [0.15, 0.2) is 140 Å². The summed E-state index contributed by atoms with van der Waals surface area (Å²) in [6.45, 7) is 8.38. The van der Waals surface area contributed by atoms with Crippen LogP contribution >= 0.6 is 0 Å². The van der Waals surface area contributed by atoms with Crippen LogP contribution in [0.4, 0.5) is 0 Å². The number of benzene rings is 5. The molecule has 5 heteroatoms. The lowest BCUT2D eigenvalue weighted by Crippen LogP contribution is -2.41. The van der Waals surface area contributed by atoms with Gasteiger partial charge in [0.15, 0.2) is 0 Å². The summed E-state index contributed by atoms with van der Waals surface area (Å²) in [7, 11) is -0.424. The van der Waals surface area contributed by atoms with E-state index in [9.17, 15) is 0 Å². The van der Waals surface area contributed by atoms with Gasteiger partial charge in [-0.05, 0) is 80.7 Å². The fraction of sp³-hybridized carbons (Fsp3) is 0.146. The van der Waals surface area contributed by atoms with E-state index in [0.717, 1.165) is 55.8 Å². The van der Waals surface area contributed by atoms with Crippen molar-refractivity contribution in [1.29, 1.82) is 0 Å². The Kier molecular flexibility index (Phi) is 6.71. The molecule has 0 atom stereocenters. The summed E-state index contributed by atoms with van der Waals surface area (Å²) >= 11 is 0. The van der Waals surface area contributed by atoms with Gasteiger partial charge in [0.25, 0.3) is 0 Å². The molecule has 0 radical (unpaired) electrons. The molecule has 8 rings (SSSR count). The van der Waals surface area contributed by atoms with E-state index in [1.807, 2.05) is 12.1 Å². The molecule has 0 unspecified atom stereocenters. The fourth-order valence-corrected chi connectivity index (χ4v) is 6.41. The third-order valence-corrected chi connectivity index (χ3v) is 9.65. The third kappa shape index (κ3) is 4.84. The molecular weight excluding hydrogens is 563 g/mol. The minimum Gasteiger partial charge on any atom is -0.399 e. The zero-order chi connectivity index (χ0) is 31.5. The Balaban J connectivity index is 1.23. The van der Waals surface area contributed by atoms with E-state index in [1.165, 1.54) is 10.8 Å². The van der Waals surface area contributed by atoms with Crippen molar-refractivity contribution >= 4 is 34.4 Å². The maximum atomic E-state index is 6.43. The largest absolute Gasteiger partial charge is 0.494 e. The Labute approximate surface area is 270 Å². The Morgan fingerprint density at radius 3 is 1.65 bits per heavy atom. The number of hydrogen-bond donors (Lipinski definition) is 0. The molecular formula is C41H35BN2O2. The zero-order valence-electron chi connectivity index (χ0n) is 26.6. The van der Waals surface area contributed by atoms with Gasteiger partial charge < -0.3 is 13.9 Å². The molecule has 3 heterocycles. The van der Waals surface area contributed by atoms with E-state index in [1.54, 1.807) is 0 Å². The van der Waals surface area contributed by atoms with Gasteiger partial charge in [-0.15, -0.1) is 0 Å². The minimum absolute atomic E-state index is 0.400. The molecule has 0 bridgehead atoms. The predicted molar refractivity (Wildman–Crippen MR) is 191 cm³/mol. The summed E-state index contributed by atoms with van der Waals surface area (Å²) < 4.78 is 15.2. The van der Waals surface area contributed by atoms with Gasteiger partial charge in [0.05, 0.1) is 33.6 Å².